The van der Waals surface area contributed by atoms with Crippen molar-refractivity contribution in [3.8, 4) is 0 Å². The zero-order valence-corrected chi connectivity index (χ0v) is 13.5. The minimum Gasteiger partial charge on any atom is -0.385 e. The topological polar surface area (TPSA) is 12.0 Å². The van der Waals surface area contributed by atoms with Gasteiger partial charge in [0, 0.05) is 18.4 Å². The van der Waals surface area contributed by atoms with Crippen LogP contribution < -0.4 is 21.2 Å². The van der Waals surface area contributed by atoms with Crippen LogP contribution in [0.5, 0.6) is 0 Å². The summed E-state index contributed by atoms with van der Waals surface area (Å²) in [6.45, 7) is 0. The second kappa shape index (κ2) is 6.89. The predicted molar refractivity (Wildman–Crippen MR) is 94.6 cm³/mol. The van der Waals surface area contributed by atoms with E-state index in [1.807, 2.05) is 60.7 Å². The molecule has 3 aromatic carbocycles. The minimum absolute atomic E-state index is 0.352. The molecule has 0 amide bonds. The van der Waals surface area contributed by atoms with Gasteiger partial charge >= 0.3 is 0 Å². The van der Waals surface area contributed by atoms with Crippen LogP contribution in [0.15, 0.2) is 72.8 Å². The molecule has 0 bridgehead atoms. The van der Waals surface area contributed by atoms with Gasteiger partial charge in [-0.3, -0.25) is 0 Å². The van der Waals surface area contributed by atoms with Gasteiger partial charge in [0.05, 0.1) is 5.69 Å². The van der Waals surface area contributed by atoms with Crippen LogP contribution in [0.3, 0.4) is 0 Å². The standard InChI is InChI=1S/C19H16F2NP/c1-22-19-17(21)12-14(20)13-18(19)23(15-8-4-2-5-9-15)16-10-6-3-7-11-16/h2-13,22H,1H3. The smallest absolute Gasteiger partial charge is 0.149 e. The SMILES string of the molecule is CNc1c(F)cc(F)cc1P(c1ccccc1)c1ccccc1. The molecule has 0 aliphatic carbocycles. The molecule has 0 unspecified atom stereocenters. The summed E-state index contributed by atoms with van der Waals surface area (Å²) in [6, 6.07) is 22.0. The zero-order valence-electron chi connectivity index (χ0n) is 12.6. The Morgan fingerprint density at radius 3 is 1.78 bits per heavy atom. The van der Waals surface area contributed by atoms with Gasteiger partial charge < -0.3 is 5.32 Å². The molecule has 23 heavy (non-hydrogen) atoms. The van der Waals surface area contributed by atoms with Gasteiger partial charge in [-0.2, -0.15) is 0 Å². The second-order valence-electron chi connectivity index (χ2n) is 5.04. The summed E-state index contributed by atoms with van der Waals surface area (Å²) >= 11 is 0. The molecule has 0 saturated carbocycles. The maximum atomic E-state index is 14.2. The molecule has 0 fully saturated rings. The average molecular weight is 327 g/mol. The molecule has 1 N–H and O–H groups in total. The average Bonchev–Trinajstić information content (AvgIpc) is 2.57. The second-order valence-corrected chi connectivity index (χ2v) is 7.22. The van der Waals surface area contributed by atoms with Gasteiger partial charge in [-0.05, 0) is 24.6 Å². The quantitative estimate of drug-likeness (QED) is 0.720. The van der Waals surface area contributed by atoms with E-state index in [9.17, 15) is 8.78 Å². The lowest BCUT2D eigenvalue weighted by Crippen LogP contribution is -2.24. The summed E-state index contributed by atoms with van der Waals surface area (Å²) in [4.78, 5) is 0. The van der Waals surface area contributed by atoms with Gasteiger partial charge in [0.15, 0.2) is 0 Å². The molecule has 0 atom stereocenters. The summed E-state index contributed by atoms with van der Waals surface area (Å²) in [6.07, 6.45) is 0. The Balaban J connectivity index is 2.25. The Bertz CT molecular complexity index is 752. The number of nitrogens with one attached hydrogen (secondary N) is 1. The summed E-state index contributed by atoms with van der Waals surface area (Å²) in [5.41, 5.74) is 0.352. The molecular formula is C19H16F2NP. The zero-order chi connectivity index (χ0) is 16.2. The van der Waals surface area contributed by atoms with E-state index in [1.54, 1.807) is 7.05 Å². The summed E-state index contributed by atoms with van der Waals surface area (Å²) in [5, 5.41) is 5.64. The Labute approximate surface area is 135 Å². The van der Waals surface area contributed by atoms with E-state index in [1.165, 1.54) is 6.07 Å². The van der Waals surface area contributed by atoms with Crippen molar-refractivity contribution in [1.82, 2.24) is 0 Å². The lowest BCUT2D eigenvalue weighted by atomic mass is 10.3. The number of rotatable bonds is 4. The Morgan fingerprint density at radius 2 is 1.30 bits per heavy atom. The van der Waals surface area contributed by atoms with Crippen molar-refractivity contribution in [1.29, 1.82) is 0 Å². The van der Waals surface area contributed by atoms with Crippen molar-refractivity contribution in [2.24, 2.45) is 0 Å². The maximum absolute atomic E-state index is 14.2. The van der Waals surface area contributed by atoms with Crippen molar-refractivity contribution in [2.45, 2.75) is 0 Å². The Morgan fingerprint density at radius 1 is 0.783 bits per heavy atom. The van der Waals surface area contributed by atoms with Gasteiger partial charge in [0.25, 0.3) is 0 Å². The van der Waals surface area contributed by atoms with E-state index in [4.69, 9.17) is 0 Å². The molecule has 0 aliphatic rings. The van der Waals surface area contributed by atoms with E-state index >= 15 is 0 Å². The predicted octanol–water partition coefficient (Wildman–Crippen LogP) is 3.76. The van der Waals surface area contributed by atoms with Gasteiger partial charge in [-0.1, -0.05) is 60.7 Å². The number of halogens is 2. The third-order valence-corrected chi connectivity index (χ3v) is 6.02. The van der Waals surface area contributed by atoms with E-state index in [-0.39, 0.29) is 0 Å². The molecule has 0 saturated heterocycles. The lowest BCUT2D eigenvalue weighted by Gasteiger charge is -2.22. The van der Waals surface area contributed by atoms with Crippen molar-refractivity contribution < 1.29 is 8.78 Å². The summed E-state index contributed by atoms with van der Waals surface area (Å²) in [5.74, 6) is -1.13. The molecule has 4 heteroatoms. The van der Waals surface area contributed by atoms with Crippen LogP contribution in [-0.4, -0.2) is 7.05 Å². The van der Waals surface area contributed by atoms with Crippen molar-refractivity contribution >= 4 is 29.5 Å². The van der Waals surface area contributed by atoms with Gasteiger partial charge in [0.2, 0.25) is 0 Å². The molecule has 0 heterocycles. The highest BCUT2D eigenvalue weighted by Gasteiger charge is 2.22. The largest absolute Gasteiger partial charge is 0.385 e. The van der Waals surface area contributed by atoms with Crippen LogP contribution in [0, 0.1) is 11.6 Å². The van der Waals surface area contributed by atoms with Crippen LogP contribution in [0.25, 0.3) is 0 Å². The van der Waals surface area contributed by atoms with E-state index in [0.717, 1.165) is 16.7 Å². The fourth-order valence-electron chi connectivity index (χ4n) is 2.57. The Hall–Kier alpha value is -2.25. The molecule has 3 aromatic rings. The number of hydrogen-bond donors (Lipinski definition) is 1. The Kier molecular flexibility index (Phi) is 4.68. The first kappa shape index (κ1) is 15.6. The minimum atomic E-state index is -1.05. The summed E-state index contributed by atoms with van der Waals surface area (Å²) < 4.78 is 28.1. The number of hydrogen-bond acceptors (Lipinski definition) is 1. The van der Waals surface area contributed by atoms with E-state index in [2.05, 4.69) is 5.32 Å². The van der Waals surface area contributed by atoms with Crippen LogP contribution in [-0.2, 0) is 0 Å². The normalized spacial score (nSPS) is 10.8. The maximum Gasteiger partial charge on any atom is 0.149 e. The first-order valence-corrected chi connectivity index (χ1v) is 8.62. The first-order valence-electron chi connectivity index (χ1n) is 7.27. The van der Waals surface area contributed by atoms with E-state index in [0.29, 0.717) is 11.0 Å². The molecular weight excluding hydrogens is 311 g/mol. The highest BCUT2D eigenvalue weighted by Crippen LogP contribution is 2.36. The summed E-state index contributed by atoms with van der Waals surface area (Å²) in [7, 11) is 0.609. The van der Waals surface area contributed by atoms with Crippen LogP contribution in [0.1, 0.15) is 0 Å². The third-order valence-electron chi connectivity index (χ3n) is 3.55. The monoisotopic (exact) mass is 327 g/mol. The van der Waals surface area contributed by atoms with Crippen molar-refractivity contribution in [2.75, 3.05) is 12.4 Å². The third kappa shape index (κ3) is 3.25. The molecule has 0 spiro atoms. The van der Waals surface area contributed by atoms with Crippen molar-refractivity contribution in [3.63, 3.8) is 0 Å². The van der Waals surface area contributed by atoms with Crippen molar-refractivity contribution in [3.05, 3.63) is 84.4 Å². The molecule has 0 aliphatic heterocycles. The van der Waals surface area contributed by atoms with E-state index < -0.39 is 19.6 Å². The van der Waals surface area contributed by atoms with Gasteiger partial charge in [-0.15, -0.1) is 0 Å². The molecule has 116 valence electrons. The molecule has 0 aromatic heterocycles. The highest BCUT2D eigenvalue weighted by atomic mass is 31.1. The van der Waals surface area contributed by atoms with Gasteiger partial charge in [-0.25, -0.2) is 8.78 Å². The first-order chi connectivity index (χ1) is 11.2. The van der Waals surface area contributed by atoms with Crippen LogP contribution in [0.2, 0.25) is 0 Å². The molecule has 3 rings (SSSR count). The number of benzene rings is 3. The molecule has 0 radical (unpaired) electrons. The fraction of sp³-hybridized carbons (Fsp3) is 0.0526. The number of anilines is 1. The van der Waals surface area contributed by atoms with Gasteiger partial charge in [0.1, 0.15) is 11.6 Å². The molecule has 1 nitrogen and oxygen atoms in total. The highest BCUT2D eigenvalue weighted by molar-refractivity contribution is 7.80. The van der Waals surface area contributed by atoms with Crippen LogP contribution in [0.4, 0.5) is 14.5 Å². The lowest BCUT2D eigenvalue weighted by molar-refractivity contribution is 0.587. The van der Waals surface area contributed by atoms with Crippen LogP contribution >= 0.6 is 7.92 Å². The fourth-order valence-corrected chi connectivity index (χ4v) is 5.05.